The Balaban J connectivity index is 2.95. The van der Waals surface area contributed by atoms with E-state index in [2.05, 4.69) is 15.9 Å². The van der Waals surface area contributed by atoms with Crippen LogP contribution in [0.25, 0.3) is 0 Å². The molecule has 0 saturated carbocycles. The van der Waals surface area contributed by atoms with Gasteiger partial charge >= 0.3 is 0 Å². The van der Waals surface area contributed by atoms with Crippen molar-refractivity contribution in [3.63, 3.8) is 0 Å². The van der Waals surface area contributed by atoms with E-state index >= 15 is 0 Å². The Morgan fingerprint density at radius 3 is 2.19 bits per heavy atom. The van der Waals surface area contributed by atoms with Gasteiger partial charge < -0.3 is 14.9 Å². The largest absolute Gasteiger partial charge is 0.395 e. The summed E-state index contributed by atoms with van der Waals surface area (Å²) >= 11 is 3.36. The van der Waals surface area contributed by atoms with E-state index in [1.165, 1.54) is 0 Å². The van der Waals surface area contributed by atoms with Crippen LogP contribution in [-0.2, 0) is 10.2 Å². The van der Waals surface area contributed by atoms with Gasteiger partial charge in [-0.05, 0) is 24.1 Å². The number of hydrogen-bond acceptors (Lipinski definition) is 3. The predicted octanol–water partition coefficient (Wildman–Crippen LogP) is 1.71. The molecule has 0 bridgehead atoms. The monoisotopic (exact) mass is 288 g/mol. The van der Waals surface area contributed by atoms with Crippen LogP contribution in [0.5, 0.6) is 0 Å². The molecule has 2 N–H and O–H groups in total. The van der Waals surface area contributed by atoms with Gasteiger partial charge in [0, 0.05) is 23.6 Å². The molecule has 1 aromatic rings. The summed E-state index contributed by atoms with van der Waals surface area (Å²) in [7, 11) is 1.61. The molecule has 16 heavy (non-hydrogen) atoms. The number of benzene rings is 1. The number of rotatable bonds is 6. The van der Waals surface area contributed by atoms with Crippen LogP contribution in [0.1, 0.15) is 12.0 Å². The highest BCUT2D eigenvalue weighted by Crippen LogP contribution is 2.28. The molecule has 0 unspecified atom stereocenters. The Hall–Kier alpha value is -0.420. The van der Waals surface area contributed by atoms with E-state index in [-0.39, 0.29) is 13.2 Å². The third-order valence-electron chi connectivity index (χ3n) is 2.85. The van der Waals surface area contributed by atoms with Crippen LogP contribution in [0.4, 0.5) is 0 Å². The van der Waals surface area contributed by atoms with Crippen LogP contribution in [0, 0.1) is 0 Å². The van der Waals surface area contributed by atoms with Crippen molar-refractivity contribution >= 4 is 15.9 Å². The first-order valence-electron chi connectivity index (χ1n) is 5.15. The van der Waals surface area contributed by atoms with Crippen LogP contribution in [0.15, 0.2) is 28.7 Å². The Morgan fingerprint density at radius 2 is 1.75 bits per heavy atom. The molecule has 0 aliphatic rings. The van der Waals surface area contributed by atoms with Crippen molar-refractivity contribution in [2.24, 2.45) is 0 Å². The molecule has 0 amide bonds. The first kappa shape index (κ1) is 13.6. The molecule has 3 nitrogen and oxygen atoms in total. The number of aliphatic hydroxyl groups is 2. The van der Waals surface area contributed by atoms with Crippen molar-refractivity contribution in [2.45, 2.75) is 11.8 Å². The predicted molar refractivity (Wildman–Crippen MR) is 66.5 cm³/mol. The first-order valence-corrected chi connectivity index (χ1v) is 5.94. The van der Waals surface area contributed by atoms with Crippen molar-refractivity contribution in [3.05, 3.63) is 34.3 Å². The zero-order valence-corrected chi connectivity index (χ0v) is 10.9. The first-order chi connectivity index (χ1) is 7.68. The summed E-state index contributed by atoms with van der Waals surface area (Å²) in [6.07, 6.45) is 0.595. The van der Waals surface area contributed by atoms with Crippen molar-refractivity contribution in [3.8, 4) is 0 Å². The normalized spacial score (nSPS) is 11.8. The third kappa shape index (κ3) is 3.04. The van der Waals surface area contributed by atoms with Gasteiger partial charge in [0.25, 0.3) is 0 Å². The molecule has 0 aromatic heterocycles. The Bertz CT molecular complexity index is 307. The number of aliphatic hydroxyl groups excluding tert-OH is 2. The summed E-state index contributed by atoms with van der Waals surface area (Å²) in [5.41, 5.74) is 0.314. The smallest absolute Gasteiger partial charge is 0.0550 e. The maximum Gasteiger partial charge on any atom is 0.0550 e. The Morgan fingerprint density at radius 1 is 1.19 bits per heavy atom. The molecule has 0 heterocycles. The molecular formula is C12H17BrO3. The summed E-state index contributed by atoms with van der Waals surface area (Å²) in [4.78, 5) is 0. The van der Waals surface area contributed by atoms with Gasteiger partial charge in [0.2, 0.25) is 0 Å². The highest BCUT2D eigenvalue weighted by atomic mass is 79.9. The molecule has 4 heteroatoms. The number of hydrogen-bond donors (Lipinski definition) is 2. The van der Waals surface area contributed by atoms with E-state index in [0.29, 0.717) is 13.0 Å². The van der Waals surface area contributed by atoms with E-state index in [1.807, 2.05) is 24.3 Å². The minimum absolute atomic E-state index is 0.0888. The molecule has 0 atom stereocenters. The molecule has 0 aliphatic carbocycles. The van der Waals surface area contributed by atoms with Crippen molar-refractivity contribution in [2.75, 3.05) is 26.9 Å². The fourth-order valence-corrected chi connectivity index (χ4v) is 1.90. The van der Waals surface area contributed by atoms with Crippen LogP contribution < -0.4 is 0 Å². The molecule has 0 aliphatic heterocycles. The van der Waals surface area contributed by atoms with Gasteiger partial charge in [-0.1, -0.05) is 28.1 Å². The summed E-state index contributed by atoms with van der Waals surface area (Å²) in [5.74, 6) is 0. The van der Waals surface area contributed by atoms with Gasteiger partial charge in [0.1, 0.15) is 0 Å². The van der Waals surface area contributed by atoms with E-state index in [1.54, 1.807) is 7.11 Å². The summed E-state index contributed by atoms with van der Waals surface area (Å²) in [5, 5.41) is 19.0. The van der Waals surface area contributed by atoms with Gasteiger partial charge in [-0.3, -0.25) is 0 Å². The number of methoxy groups -OCH3 is 1. The van der Waals surface area contributed by atoms with Gasteiger partial charge in [0.05, 0.1) is 13.2 Å². The van der Waals surface area contributed by atoms with Crippen LogP contribution in [-0.4, -0.2) is 37.1 Å². The zero-order chi connectivity index (χ0) is 12.0. The molecule has 90 valence electrons. The Kier molecular flexibility index (Phi) is 5.41. The van der Waals surface area contributed by atoms with Crippen LogP contribution >= 0.6 is 15.9 Å². The SMILES string of the molecule is COCCC(CO)(CO)c1ccc(Br)cc1. The summed E-state index contributed by atoms with van der Waals surface area (Å²) in [6, 6.07) is 7.63. The number of halogens is 1. The lowest BCUT2D eigenvalue weighted by atomic mass is 9.79. The topological polar surface area (TPSA) is 49.7 Å². The second-order valence-corrected chi connectivity index (χ2v) is 4.76. The highest BCUT2D eigenvalue weighted by Gasteiger charge is 2.30. The van der Waals surface area contributed by atoms with Crippen molar-refractivity contribution in [1.29, 1.82) is 0 Å². The van der Waals surface area contributed by atoms with Crippen LogP contribution in [0.3, 0.4) is 0 Å². The van der Waals surface area contributed by atoms with Gasteiger partial charge in [-0.25, -0.2) is 0 Å². The van der Waals surface area contributed by atoms with E-state index in [4.69, 9.17) is 4.74 Å². The zero-order valence-electron chi connectivity index (χ0n) is 9.32. The lowest BCUT2D eigenvalue weighted by Crippen LogP contribution is -2.36. The molecule has 1 aromatic carbocycles. The van der Waals surface area contributed by atoms with Crippen LogP contribution in [0.2, 0.25) is 0 Å². The van der Waals surface area contributed by atoms with Gasteiger partial charge in [-0.2, -0.15) is 0 Å². The molecule has 0 radical (unpaired) electrons. The molecule has 0 spiro atoms. The van der Waals surface area contributed by atoms with Crippen molar-refractivity contribution in [1.82, 2.24) is 0 Å². The Labute approximate surface area is 104 Å². The highest BCUT2D eigenvalue weighted by molar-refractivity contribution is 9.10. The van der Waals surface area contributed by atoms with E-state index in [0.717, 1.165) is 10.0 Å². The van der Waals surface area contributed by atoms with E-state index in [9.17, 15) is 10.2 Å². The molecule has 0 saturated heterocycles. The second kappa shape index (κ2) is 6.35. The van der Waals surface area contributed by atoms with Gasteiger partial charge in [-0.15, -0.1) is 0 Å². The maximum atomic E-state index is 9.50. The molecule has 0 fully saturated rings. The molecule has 1 rings (SSSR count). The number of ether oxygens (including phenoxy) is 1. The lowest BCUT2D eigenvalue weighted by molar-refractivity contribution is 0.0794. The lowest BCUT2D eigenvalue weighted by Gasteiger charge is -2.30. The van der Waals surface area contributed by atoms with Crippen molar-refractivity contribution < 1.29 is 14.9 Å². The summed E-state index contributed by atoms with van der Waals surface area (Å²) < 4.78 is 5.99. The minimum atomic E-state index is -0.614. The standard InChI is InChI=1S/C12H17BrO3/c1-16-7-6-12(8-14,9-15)10-2-4-11(13)5-3-10/h2-5,14-15H,6-9H2,1H3. The van der Waals surface area contributed by atoms with E-state index < -0.39 is 5.41 Å². The maximum absolute atomic E-state index is 9.50. The van der Waals surface area contributed by atoms with Gasteiger partial charge in [0.15, 0.2) is 0 Å². The fraction of sp³-hybridized carbons (Fsp3) is 0.500. The average Bonchev–Trinajstić information content (AvgIpc) is 2.33. The minimum Gasteiger partial charge on any atom is -0.395 e. The summed E-state index contributed by atoms with van der Waals surface area (Å²) in [6.45, 7) is 0.334. The fourth-order valence-electron chi connectivity index (χ4n) is 1.64. The molecular weight excluding hydrogens is 272 g/mol. The average molecular weight is 289 g/mol. The quantitative estimate of drug-likeness (QED) is 0.838. The second-order valence-electron chi connectivity index (χ2n) is 3.85. The third-order valence-corrected chi connectivity index (χ3v) is 3.38.